The molecule has 1 aliphatic heterocycles. The van der Waals surface area contributed by atoms with Gasteiger partial charge in [0.15, 0.2) is 0 Å². The molecular weight excluding hydrogens is 251 g/mol. The van der Waals surface area contributed by atoms with Gasteiger partial charge in [-0.25, -0.2) is 0 Å². The van der Waals surface area contributed by atoms with Crippen LogP contribution in [0.15, 0.2) is 10.2 Å². The second kappa shape index (κ2) is 3.21. The van der Waals surface area contributed by atoms with Crippen LogP contribution in [0.2, 0.25) is 0 Å². The van der Waals surface area contributed by atoms with Crippen LogP contribution < -0.4 is 0 Å². The number of hydrogen-bond donors (Lipinski definition) is 0. The van der Waals surface area contributed by atoms with Crippen LogP contribution >= 0.6 is 22.6 Å². The highest BCUT2D eigenvalue weighted by Crippen LogP contribution is 2.29. The Kier molecular flexibility index (Phi) is 2.67. The molecule has 0 amide bonds. The lowest BCUT2D eigenvalue weighted by Crippen LogP contribution is -2.15. The van der Waals surface area contributed by atoms with Crippen LogP contribution in [0.4, 0.5) is 0 Å². The summed E-state index contributed by atoms with van der Waals surface area (Å²) in [5.74, 6) is 0. The standard InChI is InChI=1S/C8H13IN2/c1-6-4-8(2,3)5-7(9)11-10-6/h4-5H2,1-3H3. The fourth-order valence-corrected chi connectivity index (χ4v) is 2.50. The topological polar surface area (TPSA) is 24.7 Å². The fourth-order valence-electron chi connectivity index (χ4n) is 1.36. The summed E-state index contributed by atoms with van der Waals surface area (Å²) in [7, 11) is 0. The van der Waals surface area contributed by atoms with Crippen LogP contribution in [-0.2, 0) is 0 Å². The van der Waals surface area contributed by atoms with Crippen LogP contribution in [0.5, 0.6) is 0 Å². The number of hydrogen-bond acceptors (Lipinski definition) is 2. The highest BCUT2D eigenvalue weighted by Gasteiger charge is 2.22. The minimum atomic E-state index is 0.337. The Balaban J connectivity index is 2.83. The molecule has 62 valence electrons. The molecule has 0 unspecified atom stereocenters. The van der Waals surface area contributed by atoms with E-state index in [0.717, 1.165) is 22.3 Å². The zero-order valence-corrected chi connectivity index (χ0v) is 9.34. The summed E-state index contributed by atoms with van der Waals surface area (Å²) in [6.45, 7) is 6.55. The maximum absolute atomic E-state index is 4.10. The van der Waals surface area contributed by atoms with Crippen molar-refractivity contribution in [2.45, 2.75) is 33.6 Å². The van der Waals surface area contributed by atoms with Gasteiger partial charge in [-0.3, -0.25) is 0 Å². The molecule has 0 bridgehead atoms. The van der Waals surface area contributed by atoms with E-state index in [1.54, 1.807) is 0 Å². The average molecular weight is 264 g/mol. The summed E-state index contributed by atoms with van der Waals surface area (Å²) in [4.78, 5) is 0. The molecule has 1 aliphatic rings. The molecule has 11 heavy (non-hydrogen) atoms. The Bertz CT molecular complexity index is 194. The van der Waals surface area contributed by atoms with E-state index in [0.29, 0.717) is 5.41 Å². The van der Waals surface area contributed by atoms with Gasteiger partial charge in [-0.05, 0) is 41.4 Å². The summed E-state index contributed by atoms with van der Waals surface area (Å²) in [5, 5.41) is 8.19. The number of rotatable bonds is 0. The van der Waals surface area contributed by atoms with Crippen LogP contribution in [0.1, 0.15) is 33.6 Å². The van der Waals surface area contributed by atoms with Gasteiger partial charge in [-0.1, -0.05) is 13.8 Å². The fraction of sp³-hybridized carbons (Fsp3) is 0.750. The molecule has 0 N–H and O–H groups in total. The zero-order chi connectivity index (χ0) is 8.48. The predicted octanol–water partition coefficient (Wildman–Crippen LogP) is 3.02. The monoisotopic (exact) mass is 264 g/mol. The summed E-state index contributed by atoms with van der Waals surface area (Å²) in [6, 6.07) is 0. The first kappa shape index (κ1) is 9.16. The summed E-state index contributed by atoms with van der Waals surface area (Å²) in [6.07, 6.45) is 2.11. The molecule has 0 aromatic rings. The summed E-state index contributed by atoms with van der Waals surface area (Å²) >= 11 is 2.26. The highest BCUT2D eigenvalue weighted by molar-refractivity contribution is 14.1. The smallest absolute Gasteiger partial charge is 0.101 e. The molecule has 0 saturated heterocycles. The van der Waals surface area contributed by atoms with E-state index in [1.165, 1.54) is 0 Å². The van der Waals surface area contributed by atoms with Crippen molar-refractivity contribution in [2.24, 2.45) is 15.6 Å². The van der Waals surface area contributed by atoms with Gasteiger partial charge in [0.1, 0.15) is 3.72 Å². The molecule has 1 rings (SSSR count). The normalized spacial score (nSPS) is 23.6. The first-order valence-electron chi connectivity index (χ1n) is 3.75. The molecule has 0 atom stereocenters. The zero-order valence-electron chi connectivity index (χ0n) is 7.19. The summed E-state index contributed by atoms with van der Waals surface area (Å²) in [5.41, 5.74) is 1.48. The molecule has 0 saturated carbocycles. The first-order chi connectivity index (χ1) is 4.99. The summed E-state index contributed by atoms with van der Waals surface area (Å²) < 4.78 is 1.12. The molecule has 0 aromatic carbocycles. The van der Waals surface area contributed by atoms with E-state index < -0.39 is 0 Å². The maximum atomic E-state index is 4.10. The maximum Gasteiger partial charge on any atom is 0.101 e. The first-order valence-corrected chi connectivity index (χ1v) is 4.83. The van der Waals surface area contributed by atoms with Gasteiger partial charge >= 0.3 is 0 Å². The van der Waals surface area contributed by atoms with Crippen LogP contribution in [0.3, 0.4) is 0 Å². The molecule has 2 nitrogen and oxygen atoms in total. The van der Waals surface area contributed by atoms with Crippen LogP contribution in [0, 0.1) is 5.41 Å². The molecule has 0 aromatic heterocycles. The van der Waals surface area contributed by atoms with Crippen molar-refractivity contribution in [1.29, 1.82) is 0 Å². The van der Waals surface area contributed by atoms with E-state index in [4.69, 9.17) is 0 Å². The highest BCUT2D eigenvalue weighted by atomic mass is 127. The largest absolute Gasteiger partial charge is 0.160 e. The third kappa shape index (κ3) is 2.89. The molecule has 1 heterocycles. The van der Waals surface area contributed by atoms with Crippen molar-refractivity contribution in [3.8, 4) is 0 Å². The second-order valence-electron chi connectivity index (χ2n) is 3.83. The predicted molar refractivity (Wildman–Crippen MR) is 57.6 cm³/mol. The minimum absolute atomic E-state index is 0.337. The van der Waals surface area contributed by atoms with Crippen molar-refractivity contribution in [1.82, 2.24) is 0 Å². The molecule has 0 fully saturated rings. The Hall–Kier alpha value is 0.0700. The lowest BCUT2D eigenvalue weighted by molar-refractivity contribution is 0.405. The quantitative estimate of drug-likeness (QED) is 0.601. The molecule has 3 heteroatoms. The van der Waals surface area contributed by atoms with Crippen molar-refractivity contribution in [3.05, 3.63) is 0 Å². The Morgan fingerprint density at radius 2 is 1.91 bits per heavy atom. The van der Waals surface area contributed by atoms with Gasteiger partial charge in [0, 0.05) is 12.1 Å². The van der Waals surface area contributed by atoms with Crippen molar-refractivity contribution >= 4 is 32.0 Å². The molecular formula is C8H13IN2. The van der Waals surface area contributed by atoms with E-state index in [1.807, 2.05) is 6.92 Å². The molecule has 0 aliphatic carbocycles. The number of halogens is 1. The Labute approximate surface area is 81.3 Å². The van der Waals surface area contributed by atoms with Gasteiger partial charge in [0.25, 0.3) is 0 Å². The van der Waals surface area contributed by atoms with Crippen LogP contribution in [-0.4, -0.2) is 9.43 Å². The van der Waals surface area contributed by atoms with E-state index >= 15 is 0 Å². The molecule has 0 radical (unpaired) electrons. The van der Waals surface area contributed by atoms with Gasteiger partial charge < -0.3 is 0 Å². The molecule has 0 spiro atoms. The second-order valence-corrected chi connectivity index (χ2v) is 5.07. The third-order valence-electron chi connectivity index (χ3n) is 1.69. The van der Waals surface area contributed by atoms with Gasteiger partial charge in [-0.2, -0.15) is 5.10 Å². The minimum Gasteiger partial charge on any atom is -0.160 e. The van der Waals surface area contributed by atoms with E-state index in [2.05, 4.69) is 46.6 Å². The van der Waals surface area contributed by atoms with Crippen molar-refractivity contribution < 1.29 is 0 Å². The Morgan fingerprint density at radius 1 is 1.27 bits per heavy atom. The van der Waals surface area contributed by atoms with Crippen molar-refractivity contribution in [2.75, 3.05) is 0 Å². The van der Waals surface area contributed by atoms with Gasteiger partial charge in [0.2, 0.25) is 0 Å². The lowest BCUT2D eigenvalue weighted by Gasteiger charge is -2.20. The Morgan fingerprint density at radius 3 is 2.55 bits per heavy atom. The average Bonchev–Trinajstić information content (AvgIpc) is 1.89. The van der Waals surface area contributed by atoms with E-state index in [9.17, 15) is 0 Å². The van der Waals surface area contributed by atoms with Gasteiger partial charge in [-0.15, -0.1) is 5.10 Å². The van der Waals surface area contributed by atoms with Crippen LogP contribution in [0.25, 0.3) is 0 Å². The van der Waals surface area contributed by atoms with Crippen molar-refractivity contribution in [3.63, 3.8) is 0 Å². The lowest BCUT2D eigenvalue weighted by atomic mass is 9.85. The van der Waals surface area contributed by atoms with E-state index in [-0.39, 0.29) is 0 Å². The number of nitrogens with zero attached hydrogens (tertiary/aromatic N) is 2. The SMILES string of the molecule is CC1=NN=C(I)CC(C)(C)C1. The third-order valence-corrected chi connectivity index (χ3v) is 2.29. The van der Waals surface area contributed by atoms with Gasteiger partial charge in [0.05, 0.1) is 0 Å².